The van der Waals surface area contributed by atoms with Gasteiger partial charge in [0, 0.05) is 49.4 Å². The van der Waals surface area contributed by atoms with Gasteiger partial charge in [-0.25, -0.2) is 24.3 Å². The van der Waals surface area contributed by atoms with Gasteiger partial charge in [0.1, 0.15) is 30.1 Å². The fourth-order valence-corrected chi connectivity index (χ4v) is 3.12. The molecule has 0 atom stereocenters. The Hall–Kier alpha value is -2.83. The molecule has 3 aromatic rings. The fourth-order valence-electron chi connectivity index (χ4n) is 3.12. The molecule has 0 radical (unpaired) electrons. The molecule has 1 fully saturated rings. The Morgan fingerprint density at radius 1 is 0.917 bits per heavy atom. The van der Waals surface area contributed by atoms with Gasteiger partial charge in [-0.15, -0.1) is 0 Å². The van der Waals surface area contributed by atoms with Crippen molar-refractivity contribution in [1.82, 2.24) is 19.9 Å². The maximum absolute atomic E-state index is 13.4. The first kappa shape index (κ1) is 14.7. The first-order valence-corrected chi connectivity index (χ1v) is 7.89. The molecule has 0 unspecified atom stereocenters. The first-order valence-electron chi connectivity index (χ1n) is 7.89. The van der Waals surface area contributed by atoms with Crippen molar-refractivity contribution in [3.63, 3.8) is 0 Å². The zero-order valence-corrected chi connectivity index (χ0v) is 13.4. The molecule has 7 heteroatoms. The molecule has 0 amide bonds. The Kier molecular flexibility index (Phi) is 3.68. The quantitative estimate of drug-likeness (QED) is 0.720. The van der Waals surface area contributed by atoms with Gasteiger partial charge < -0.3 is 9.80 Å². The molecule has 0 bridgehead atoms. The summed E-state index contributed by atoms with van der Waals surface area (Å²) in [7, 11) is 0. The van der Waals surface area contributed by atoms with Crippen LogP contribution in [0.1, 0.15) is 5.56 Å². The highest BCUT2D eigenvalue weighted by molar-refractivity contribution is 5.89. The molecule has 3 heterocycles. The summed E-state index contributed by atoms with van der Waals surface area (Å²) in [5.41, 5.74) is 1.71. The van der Waals surface area contributed by atoms with Gasteiger partial charge in [-0.3, -0.25) is 0 Å². The van der Waals surface area contributed by atoms with E-state index in [9.17, 15) is 4.39 Å². The molecule has 122 valence electrons. The third-order valence-corrected chi connectivity index (χ3v) is 4.32. The number of anilines is 2. The molecule has 0 aliphatic carbocycles. The van der Waals surface area contributed by atoms with E-state index in [1.54, 1.807) is 12.4 Å². The van der Waals surface area contributed by atoms with Crippen LogP contribution in [0.4, 0.5) is 16.0 Å². The number of halogens is 1. The molecule has 4 rings (SSSR count). The van der Waals surface area contributed by atoms with Crippen molar-refractivity contribution in [2.75, 3.05) is 36.0 Å². The van der Waals surface area contributed by atoms with Crippen molar-refractivity contribution in [1.29, 1.82) is 0 Å². The number of fused-ring (bicyclic) bond motifs is 1. The molecule has 0 N–H and O–H groups in total. The topological polar surface area (TPSA) is 58.0 Å². The number of rotatable bonds is 2. The van der Waals surface area contributed by atoms with Crippen molar-refractivity contribution in [3.8, 4) is 0 Å². The van der Waals surface area contributed by atoms with Crippen LogP contribution in [0.3, 0.4) is 0 Å². The van der Waals surface area contributed by atoms with Gasteiger partial charge in [-0.1, -0.05) is 0 Å². The van der Waals surface area contributed by atoms with Crippen LogP contribution < -0.4 is 9.80 Å². The predicted molar refractivity (Wildman–Crippen MR) is 90.7 cm³/mol. The molecule has 6 nitrogen and oxygen atoms in total. The van der Waals surface area contributed by atoms with E-state index in [2.05, 4.69) is 29.7 Å². The van der Waals surface area contributed by atoms with Crippen LogP contribution in [0.5, 0.6) is 0 Å². The van der Waals surface area contributed by atoms with Crippen molar-refractivity contribution in [2.45, 2.75) is 6.92 Å². The number of hydrogen-bond donors (Lipinski definition) is 0. The predicted octanol–water partition coefficient (Wildman–Crippen LogP) is 2.19. The van der Waals surface area contributed by atoms with Gasteiger partial charge in [-0.05, 0) is 19.1 Å². The Labute approximate surface area is 139 Å². The standard InChI is InChI=1S/C17H17FN6/c1-12-9-19-10-21-16(12)23-4-6-24(7-5-23)17-14-3-2-13(18)8-15(14)20-11-22-17/h2-3,8-11H,4-7H2,1H3. The van der Waals surface area contributed by atoms with Crippen molar-refractivity contribution in [2.24, 2.45) is 0 Å². The maximum atomic E-state index is 13.4. The summed E-state index contributed by atoms with van der Waals surface area (Å²) < 4.78 is 13.4. The van der Waals surface area contributed by atoms with Crippen LogP contribution in [0.2, 0.25) is 0 Å². The number of aromatic nitrogens is 4. The molecular weight excluding hydrogens is 307 g/mol. The lowest BCUT2D eigenvalue weighted by Crippen LogP contribution is -2.47. The van der Waals surface area contributed by atoms with Gasteiger partial charge in [0.05, 0.1) is 5.52 Å². The van der Waals surface area contributed by atoms with Gasteiger partial charge in [-0.2, -0.15) is 0 Å². The second-order valence-corrected chi connectivity index (χ2v) is 5.86. The first-order chi connectivity index (χ1) is 11.7. The van der Waals surface area contributed by atoms with Crippen LogP contribution in [0.15, 0.2) is 37.1 Å². The molecule has 1 aliphatic heterocycles. The fraction of sp³-hybridized carbons (Fsp3) is 0.294. The van der Waals surface area contributed by atoms with E-state index in [4.69, 9.17) is 0 Å². The number of nitrogens with zero attached hydrogens (tertiary/aromatic N) is 6. The lowest BCUT2D eigenvalue weighted by Gasteiger charge is -2.36. The Morgan fingerprint density at radius 2 is 1.62 bits per heavy atom. The normalized spacial score (nSPS) is 15.1. The summed E-state index contributed by atoms with van der Waals surface area (Å²) in [5, 5.41) is 0.880. The van der Waals surface area contributed by atoms with E-state index in [1.165, 1.54) is 18.5 Å². The van der Waals surface area contributed by atoms with Crippen LogP contribution in [0.25, 0.3) is 10.9 Å². The number of benzene rings is 1. The summed E-state index contributed by atoms with van der Waals surface area (Å²) in [4.78, 5) is 21.5. The lowest BCUT2D eigenvalue weighted by molar-refractivity contribution is 0.628. The number of piperazine rings is 1. The van der Waals surface area contributed by atoms with E-state index in [0.29, 0.717) is 5.52 Å². The van der Waals surface area contributed by atoms with E-state index >= 15 is 0 Å². The highest BCUT2D eigenvalue weighted by Crippen LogP contribution is 2.25. The molecule has 1 aromatic carbocycles. The van der Waals surface area contributed by atoms with Crippen LogP contribution >= 0.6 is 0 Å². The minimum absolute atomic E-state index is 0.281. The molecule has 1 saturated heterocycles. The minimum atomic E-state index is -0.281. The second kappa shape index (κ2) is 5.99. The SMILES string of the molecule is Cc1cncnc1N1CCN(c2ncnc3cc(F)ccc23)CC1. The summed E-state index contributed by atoms with van der Waals surface area (Å²) in [6.45, 7) is 5.38. The highest BCUT2D eigenvalue weighted by atomic mass is 19.1. The van der Waals surface area contributed by atoms with Crippen molar-refractivity contribution in [3.05, 3.63) is 48.4 Å². The smallest absolute Gasteiger partial charge is 0.140 e. The third kappa shape index (κ3) is 2.62. The van der Waals surface area contributed by atoms with E-state index < -0.39 is 0 Å². The molecule has 24 heavy (non-hydrogen) atoms. The van der Waals surface area contributed by atoms with Crippen LogP contribution in [-0.2, 0) is 0 Å². The molecular formula is C17H17FN6. The zero-order valence-electron chi connectivity index (χ0n) is 13.4. The Balaban J connectivity index is 1.57. The average Bonchev–Trinajstić information content (AvgIpc) is 2.61. The van der Waals surface area contributed by atoms with Crippen molar-refractivity contribution < 1.29 is 4.39 Å². The summed E-state index contributed by atoms with van der Waals surface area (Å²) >= 11 is 0. The third-order valence-electron chi connectivity index (χ3n) is 4.32. The van der Waals surface area contributed by atoms with Gasteiger partial charge in [0.25, 0.3) is 0 Å². The van der Waals surface area contributed by atoms with Crippen LogP contribution in [0, 0.1) is 12.7 Å². The van der Waals surface area contributed by atoms with Gasteiger partial charge >= 0.3 is 0 Å². The average molecular weight is 324 g/mol. The number of hydrogen-bond acceptors (Lipinski definition) is 6. The minimum Gasteiger partial charge on any atom is -0.353 e. The molecule has 2 aromatic heterocycles. The van der Waals surface area contributed by atoms with E-state index in [0.717, 1.165) is 48.8 Å². The second-order valence-electron chi connectivity index (χ2n) is 5.86. The molecule has 0 spiro atoms. The van der Waals surface area contributed by atoms with E-state index in [-0.39, 0.29) is 5.82 Å². The molecule has 1 aliphatic rings. The van der Waals surface area contributed by atoms with Crippen LogP contribution in [-0.4, -0.2) is 46.1 Å². The van der Waals surface area contributed by atoms with Gasteiger partial charge in [0.2, 0.25) is 0 Å². The number of aryl methyl sites for hydroxylation is 1. The largest absolute Gasteiger partial charge is 0.353 e. The Morgan fingerprint density at radius 3 is 2.38 bits per heavy atom. The zero-order chi connectivity index (χ0) is 16.5. The highest BCUT2D eigenvalue weighted by Gasteiger charge is 2.21. The summed E-state index contributed by atoms with van der Waals surface area (Å²) in [5.74, 6) is 1.56. The van der Waals surface area contributed by atoms with Gasteiger partial charge in [0.15, 0.2) is 0 Å². The lowest BCUT2D eigenvalue weighted by atomic mass is 10.2. The maximum Gasteiger partial charge on any atom is 0.140 e. The van der Waals surface area contributed by atoms with Crippen molar-refractivity contribution >= 4 is 22.5 Å². The van der Waals surface area contributed by atoms with E-state index in [1.807, 2.05) is 13.1 Å². The summed E-state index contributed by atoms with van der Waals surface area (Å²) in [6.07, 6.45) is 4.92. The Bertz CT molecular complexity index is 876. The molecule has 0 saturated carbocycles. The monoisotopic (exact) mass is 324 g/mol. The summed E-state index contributed by atoms with van der Waals surface area (Å²) in [6, 6.07) is 4.65.